The molecule has 0 aliphatic rings. The monoisotopic (exact) mass is 241 g/mol. The Labute approximate surface area is 104 Å². The fourth-order valence-electron chi connectivity index (χ4n) is 1.69. The molecule has 0 saturated carbocycles. The summed E-state index contributed by atoms with van der Waals surface area (Å²) < 4.78 is 7.00. The SMILES string of the molecule is COc1ccc(C#N)cc1Cn1cnc(C=O)c1. The molecule has 0 bridgehead atoms. The fourth-order valence-corrected chi connectivity index (χ4v) is 1.69. The molecule has 1 aromatic carbocycles. The van der Waals surface area contributed by atoms with Crippen LogP contribution in [0.25, 0.3) is 0 Å². The lowest BCUT2D eigenvalue weighted by Gasteiger charge is -2.09. The molecule has 1 heterocycles. The Morgan fingerprint density at radius 2 is 2.39 bits per heavy atom. The summed E-state index contributed by atoms with van der Waals surface area (Å²) >= 11 is 0. The molecule has 2 rings (SSSR count). The van der Waals surface area contributed by atoms with Gasteiger partial charge < -0.3 is 9.30 Å². The first-order chi connectivity index (χ1) is 8.76. The lowest BCUT2D eigenvalue weighted by molar-refractivity contribution is 0.111. The van der Waals surface area contributed by atoms with Gasteiger partial charge in [-0.05, 0) is 18.2 Å². The van der Waals surface area contributed by atoms with Crippen LogP contribution in [-0.4, -0.2) is 22.9 Å². The number of hydrogen-bond donors (Lipinski definition) is 0. The zero-order valence-electron chi connectivity index (χ0n) is 9.83. The quantitative estimate of drug-likeness (QED) is 0.763. The standard InChI is InChI=1S/C13H11N3O2/c1-18-13-3-2-10(5-14)4-11(13)6-16-7-12(8-17)15-9-16/h2-4,7-9H,6H2,1H3. The van der Waals surface area contributed by atoms with E-state index in [9.17, 15) is 4.79 Å². The second kappa shape index (κ2) is 5.15. The van der Waals surface area contributed by atoms with Crippen molar-refractivity contribution >= 4 is 6.29 Å². The number of benzene rings is 1. The van der Waals surface area contributed by atoms with Crippen LogP contribution >= 0.6 is 0 Å². The number of rotatable bonds is 4. The summed E-state index contributed by atoms with van der Waals surface area (Å²) in [5.74, 6) is 0.704. The summed E-state index contributed by atoms with van der Waals surface area (Å²) in [5.41, 5.74) is 1.82. The van der Waals surface area contributed by atoms with Crippen LogP contribution in [0.2, 0.25) is 0 Å². The van der Waals surface area contributed by atoms with Gasteiger partial charge in [-0.25, -0.2) is 4.98 Å². The predicted octanol–water partition coefficient (Wildman–Crippen LogP) is 1.62. The molecule has 0 unspecified atom stereocenters. The van der Waals surface area contributed by atoms with Crippen molar-refractivity contribution in [3.05, 3.63) is 47.5 Å². The van der Waals surface area contributed by atoms with Gasteiger partial charge in [-0.1, -0.05) is 0 Å². The first-order valence-corrected chi connectivity index (χ1v) is 5.31. The number of methoxy groups -OCH3 is 1. The van der Waals surface area contributed by atoms with Gasteiger partial charge in [0.05, 0.1) is 31.6 Å². The number of carbonyl (C=O) groups excluding carboxylic acids is 1. The Kier molecular flexibility index (Phi) is 3.39. The van der Waals surface area contributed by atoms with Crippen LogP contribution in [0, 0.1) is 11.3 Å². The van der Waals surface area contributed by atoms with Crippen LogP contribution < -0.4 is 4.74 Å². The summed E-state index contributed by atoms with van der Waals surface area (Å²) in [4.78, 5) is 14.5. The summed E-state index contributed by atoms with van der Waals surface area (Å²) in [5, 5.41) is 8.88. The van der Waals surface area contributed by atoms with Crippen LogP contribution in [0.3, 0.4) is 0 Å². The molecule has 18 heavy (non-hydrogen) atoms. The number of nitriles is 1. The Morgan fingerprint density at radius 1 is 1.56 bits per heavy atom. The molecule has 2 aromatic rings. The number of nitrogens with zero attached hydrogens (tertiary/aromatic N) is 3. The molecule has 0 fully saturated rings. The lowest BCUT2D eigenvalue weighted by atomic mass is 10.1. The van der Waals surface area contributed by atoms with Crippen molar-refractivity contribution in [2.45, 2.75) is 6.54 Å². The Bertz CT molecular complexity index is 611. The van der Waals surface area contributed by atoms with Crippen molar-refractivity contribution in [1.82, 2.24) is 9.55 Å². The van der Waals surface area contributed by atoms with Crippen LogP contribution in [0.4, 0.5) is 0 Å². The third-order valence-corrected chi connectivity index (χ3v) is 2.54. The van der Waals surface area contributed by atoms with E-state index in [4.69, 9.17) is 10.00 Å². The number of imidazole rings is 1. The molecule has 0 saturated heterocycles. The van der Waals surface area contributed by atoms with Crippen molar-refractivity contribution in [1.29, 1.82) is 5.26 Å². The second-order valence-corrected chi connectivity index (χ2v) is 3.73. The first kappa shape index (κ1) is 11.9. The molecular weight excluding hydrogens is 230 g/mol. The maximum Gasteiger partial charge on any atom is 0.169 e. The zero-order chi connectivity index (χ0) is 13.0. The lowest BCUT2D eigenvalue weighted by Crippen LogP contribution is -2.00. The van der Waals surface area contributed by atoms with Gasteiger partial charge in [0.25, 0.3) is 0 Å². The van der Waals surface area contributed by atoms with Gasteiger partial charge in [-0.15, -0.1) is 0 Å². The average molecular weight is 241 g/mol. The molecule has 0 radical (unpaired) electrons. The highest BCUT2D eigenvalue weighted by molar-refractivity contribution is 5.70. The summed E-state index contributed by atoms with van der Waals surface area (Å²) in [7, 11) is 1.58. The van der Waals surface area contributed by atoms with E-state index >= 15 is 0 Å². The maximum absolute atomic E-state index is 10.6. The van der Waals surface area contributed by atoms with Gasteiger partial charge >= 0.3 is 0 Å². The fraction of sp³-hybridized carbons (Fsp3) is 0.154. The average Bonchev–Trinajstić information content (AvgIpc) is 2.86. The third kappa shape index (κ3) is 2.38. The van der Waals surface area contributed by atoms with Crippen LogP contribution in [0.15, 0.2) is 30.7 Å². The van der Waals surface area contributed by atoms with E-state index in [-0.39, 0.29) is 0 Å². The van der Waals surface area contributed by atoms with Crippen molar-refractivity contribution in [3.8, 4) is 11.8 Å². The first-order valence-electron chi connectivity index (χ1n) is 5.31. The normalized spacial score (nSPS) is 9.78. The number of aromatic nitrogens is 2. The summed E-state index contributed by atoms with van der Waals surface area (Å²) in [6.45, 7) is 0.500. The Balaban J connectivity index is 2.32. The van der Waals surface area contributed by atoms with E-state index < -0.39 is 0 Å². The molecule has 0 aliphatic heterocycles. The maximum atomic E-state index is 10.6. The van der Waals surface area contributed by atoms with Crippen LogP contribution in [-0.2, 0) is 6.54 Å². The van der Waals surface area contributed by atoms with Crippen LogP contribution in [0.1, 0.15) is 21.6 Å². The van der Waals surface area contributed by atoms with Crippen LogP contribution in [0.5, 0.6) is 5.75 Å². The van der Waals surface area contributed by atoms with E-state index in [1.54, 1.807) is 42.4 Å². The van der Waals surface area contributed by atoms with Crippen molar-refractivity contribution in [2.24, 2.45) is 0 Å². The topological polar surface area (TPSA) is 67.9 Å². The number of carbonyl (C=O) groups is 1. The highest BCUT2D eigenvalue weighted by Crippen LogP contribution is 2.20. The molecule has 5 nitrogen and oxygen atoms in total. The van der Waals surface area contributed by atoms with Gasteiger partial charge in [0.1, 0.15) is 11.4 Å². The van der Waals surface area contributed by atoms with E-state index in [0.29, 0.717) is 29.8 Å². The number of hydrogen-bond acceptors (Lipinski definition) is 4. The van der Waals surface area contributed by atoms with E-state index in [1.165, 1.54) is 0 Å². The van der Waals surface area contributed by atoms with Gasteiger partial charge in [-0.3, -0.25) is 4.79 Å². The molecule has 0 spiro atoms. The number of aldehydes is 1. The minimum Gasteiger partial charge on any atom is -0.496 e. The Hall–Kier alpha value is -2.61. The predicted molar refractivity (Wildman–Crippen MR) is 64.4 cm³/mol. The molecule has 1 aromatic heterocycles. The molecule has 0 atom stereocenters. The van der Waals surface area contributed by atoms with E-state index in [2.05, 4.69) is 11.1 Å². The highest BCUT2D eigenvalue weighted by atomic mass is 16.5. The van der Waals surface area contributed by atoms with E-state index in [0.717, 1.165) is 5.56 Å². The zero-order valence-corrected chi connectivity index (χ0v) is 9.83. The Morgan fingerprint density at radius 3 is 3.00 bits per heavy atom. The second-order valence-electron chi connectivity index (χ2n) is 3.73. The number of ether oxygens (including phenoxy) is 1. The smallest absolute Gasteiger partial charge is 0.169 e. The summed E-state index contributed by atoms with van der Waals surface area (Å²) in [6, 6.07) is 7.30. The van der Waals surface area contributed by atoms with Crippen molar-refractivity contribution in [2.75, 3.05) is 7.11 Å². The van der Waals surface area contributed by atoms with Gasteiger partial charge in [0.15, 0.2) is 6.29 Å². The minimum absolute atomic E-state index is 0.380. The molecule has 90 valence electrons. The van der Waals surface area contributed by atoms with Crippen molar-refractivity contribution in [3.63, 3.8) is 0 Å². The molecule has 5 heteroatoms. The molecule has 0 aliphatic carbocycles. The highest BCUT2D eigenvalue weighted by Gasteiger charge is 2.06. The largest absolute Gasteiger partial charge is 0.496 e. The molecule has 0 amide bonds. The van der Waals surface area contributed by atoms with Gasteiger partial charge in [-0.2, -0.15) is 5.26 Å². The molecule has 0 N–H and O–H groups in total. The van der Waals surface area contributed by atoms with Gasteiger partial charge in [0.2, 0.25) is 0 Å². The third-order valence-electron chi connectivity index (χ3n) is 2.54. The van der Waals surface area contributed by atoms with Crippen molar-refractivity contribution < 1.29 is 9.53 Å². The van der Waals surface area contributed by atoms with E-state index in [1.807, 2.05) is 0 Å². The summed E-state index contributed by atoms with van der Waals surface area (Å²) in [6.07, 6.45) is 3.91. The van der Waals surface area contributed by atoms with Gasteiger partial charge in [0, 0.05) is 11.8 Å². The minimum atomic E-state index is 0.380. The molecular formula is C13H11N3O2.